The number of hydrogen-bond acceptors (Lipinski definition) is 3. The number of benzene rings is 1. The highest BCUT2D eigenvalue weighted by Gasteiger charge is 2.26. The summed E-state index contributed by atoms with van der Waals surface area (Å²) in [6.45, 7) is 1.57. The number of likely N-dealkylation sites (tertiary alicyclic amines) is 1. The third kappa shape index (κ3) is 3.29. The minimum absolute atomic E-state index is 0.161. The number of amides is 1. The molecule has 0 spiro atoms. The fourth-order valence-electron chi connectivity index (χ4n) is 3.78. The number of nitrogens with zero attached hydrogens (tertiary/aromatic N) is 2. The Kier molecular flexibility index (Phi) is 4.61. The van der Waals surface area contributed by atoms with Crippen LogP contribution in [0.3, 0.4) is 0 Å². The molecular weight excluding hydrogens is 326 g/mol. The number of pyridine rings is 1. The van der Waals surface area contributed by atoms with Crippen molar-refractivity contribution >= 4 is 16.9 Å². The van der Waals surface area contributed by atoms with Crippen LogP contribution >= 0.6 is 0 Å². The molecule has 26 heavy (non-hydrogen) atoms. The van der Waals surface area contributed by atoms with E-state index in [4.69, 9.17) is 4.74 Å². The zero-order valence-corrected chi connectivity index (χ0v) is 14.9. The predicted molar refractivity (Wildman–Crippen MR) is 101 cm³/mol. The van der Waals surface area contributed by atoms with Gasteiger partial charge in [0.1, 0.15) is 5.75 Å². The number of para-hydroxylation sites is 1. The summed E-state index contributed by atoms with van der Waals surface area (Å²) in [5.74, 6) is 1.27. The third-order valence-corrected chi connectivity index (χ3v) is 5.16. The van der Waals surface area contributed by atoms with Crippen molar-refractivity contribution in [3.05, 3.63) is 59.9 Å². The van der Waals surface area contributed by atoms with Crippen molar-refractivity contribution < 1.29 is 9.53 Å². The Hall–Kier alpha value is -2.82. The zero-order chi connectivity index (χ0) is 17.9. The quantitative estimate of drug-likeness (QED) is 0.784. The van der Waals surface area contributed by atoms with Gasteiger partial charge in [0.15, 0.2) is 0 Å². The van der Waals surface area contributed by atoms with E-state index in [0.29, 0.717) is 12.3 Å². The summed E-state index contributed by atoms with van der Waals surface area (Å²) in [4.78, 5) is 22.7. The highest BCUT2D eigenvalue weighted by Crippen LogP contribution is 2.29. The smallest absolute Gasteiger partial charge is 0.227 e. The number of rotatable bonds is 4. The SMILES string of the molecule is COc1ccccc1CC(=O)N1CCCC(c2cc3ncccc3[nH]2)C1. The van der Waals surface area contributed by atoms with Crippen molar-refractivity contribution in [1.29, 1.82) is 0 Å². The molecule has 1 aliphatic rings. The van der Waals surface area contributed by atoms with Gasteiger partial charge in [-0.2, -0.15) is 0 Å². The van der Waals surface area contributed by atoms with Crippen LogP contribution in [-0.4, -0.2) is 41.0 Å². The molecule has 5 nitrogen and oxygen atoms in total. The van der Waals surface area contributed by atoms with Gasteiger partial charge in [-0.05, 0) is 37.1 Å². The number of piperidine rings is 1. The number of H-pyrrole nitrogens is 1. The van der Waals surface area contributed by atoms with Crippen LogP contribution < -0.4 is 4.74 Å². The number of methoxy groups -OCH3 is 1. The van der Waals surface area contributed by atoms with E-state index in [0.717, 1.165) is 48.3 Å². The monoisotopic (exact) mass is 349 g/mol. The Morgan fingerprint density at radius 2 is 2.19 bits per heavy atom. The minimum Gasteiger partial charge on any atom is -0.496 e. The van der Waals surface area contributed by atoms with Crippen LogP contribution in [0.5, 0.6) is 5.75 Å². The van der Waals surface area contributed by atoms with Crippen molar-refractivity contribution in [2.24, 2.45) is 0 Å². The summed E-state index contributed by atoms with van der Waals surface area (Å²) in [5, 5.41) is 0. The first-order valence-electron chi connectivity index (χ1n) is 9.08. The Morgan fingerprint density at radius 1 is 1.31 bits per heavy atom. The Labute approximate surface area is 153 Å². The fraction of sp³-hybridized carbons (Fsp3) is 0.333. The molecule has 4 rings (SSSR count). The molecule has 0 saturated carbocycles. The second-order valence-electron chi connectivity index (χ2n) is 6.83. The number of nitrogens with one attached hydrogen (secondary N) is 1. The first kappa shape index (κ1) is 16.6. The summed E-state index contributed by atoms with van der Waals surface area (Å²) in [6.07, 6.45) is 4.30. The zero-order valence-electron chi connectivity index (χ0n) is 14.9. The number of aromatic amines is 1. The maximum atomic E-state index is 12.8. The van der Waals surface area contributed by atoms with Gasteiger partial charge in [-0.25, -0.2) is 0 Å². The number of fused-ring (bicyclic) bond motifs is 1. The fourth-order valence-corrected chi connectivity index (χ4v) is 3.78. The topological polar surface area (TPSA) is 58.2 Å². The first-order chi connectivity index (χ1) is 12.7. The predicted octanol–water partition coefficient (Wildman–Crippen LogP) is 3.52. The van der Waals surface area contributed by atoms with Crippen LogP contribution in [0.1, 0.15) is 30.0 Å². The molecule has 3 aromatic rings. The van der Waals surface area contributed by atoms with E-state index in [9.17, 15) is 4.79 Å². The van der Waals surface area contributed by atoms with Crippen molar-refractivity contribution in [1.82, 2.24) is 14.9 Å². The number of hydrogen-bond donors (Lipinski definition) is 1. The lowest BCUT2D eigenvalue weighted by Crippen LogP contribution is -2.40. The van der Waals surface area contributed by atoms with E-state index in [1.165, 1.54) is 5.69 Å². The lowest BCUT2D eigenvalue weighted by atomic mass is 9.94. The molecule has 1 aliphatic heterocycles. The molecular formula is C21H23N3O2. The van der Waals surface area contributed by atoms with Gasteiger partial charge >= 0.3 is 0 Å². The second kappa shape index (κ2) is 7.20. The molecule has 1 amide bonds. The van der Waals surface area contributed by atoms with Crippen LogP contribution in [0, 0.1) is 0 Å². The summed E-state index contributed by atoms with van der Waals surface area (Å²) in [5.41, 5.74) is 4.16. The summed E-state index contributed by atoms with van der Waals surface area (Å²) >= 11 is 0. The van der Waals surface area contributed by atoms with E-state index < -0.39 is 0 Å². The van der Waals surface area contributed by atoms with Crippen LogP contribution in [0.15, 0.2) is 48.7 Å². The number of carbonyl (C=O) groups is 1. The largest absolute Gasteiger partial charge is 0.496 e. The first-order valence-corrected chi connectivity index (χ1v) is 9.08. The molecule has 2 aromatic heterocycles. The molecule has 0 aliphatic carbocycles. The molecule has 1 aromatic carbocycles. The van der Waals surface area contributed by atoms with E-state index >= 15 is 0 Å². The highest BCUT2D eigenvalue weighted by molar-refractivity contribution is 5.80. The van der Waals surface area contributed by atoms with Crippen LogP contribution in [0.4, 0.5) is 0 Å². The summed E-state index contributed by atoms with van der Waals surface area (Å²) < 4.78 is 5.37. The van der Waals surface area contributed by atoms with E-state index in [-0.39, 0.29) is 5.91 Å². The maximum absolute atomic E-state index is 12.8. The van der Waals surface area contributed by atoms with Crippen molar-refractivity contribution in [3.8, 4) is 5.75 Å². The second-order valence-corrected chi connectivity index (χ2v) is 6.83. The van der Waals surface area contributed by atoms with Gasteiger partial charge in [-0.3, -0.25) is 9.78 Å². The lowest BCUT2D eigenvalue weighted by Gasteiger charge is -2.32. The van der Waals surface area contributed by atoms with Crippen molar-refractivity contribution in [2.45, 2.75) is 25.2 Å². The molecule has 5 heteroatoms. The van der Waals surface area contributed by atoms with Crippen molar-refractivity contribution in [2.75, 3.05) is 20.2 Å². The maximum Gasteiger partial charge on any atom is 0.227 e. The van der Waals surface area contributed by atoms with Gasteiger partial charge in [-0.15, -0.1) is 0 Å². The lowest BCUT2D eigenvalue weighted by molar-refractivity contribution is -0.131. The third-order valence-electron chi connectivity index (χ3n) is 5.16. The van der Waals surface area contributed by atoms with Gasteiger partial charge in [0.05, 0.1) is 24.6 Å². The van der Waals surface area contributed by atoms with E-state index in [2.05, 4.69) is 16.0 Å². The average Bonchev–Trinajstić information content (AvgIpc) is 3.13. The standard InChI is InChI=1S/C21H23N3O2/c1-26-20-9-3-2-6-15(20)12-21(25)24-11-5-7-16(14-24)18-13-19-17(23-18)8-4-10-22-19/h2-4,6,8-10,13,16,23H,5,7,11-12,14H2,1H3. The molecule has 134 valence electrons. The summed E-state index contributed by atoms with van der Waals surface area (Å²) in [7, 11) is 1.64. The van der Waals surface area contributed by atoms with Crippen LogP contribution in [0.25, 0.3) is 11.0 Å². The molecule has 0 bridgehead atoms. The molecule has 3 heterocycles. The normalized spacial score (nSPS) is 17.4. The van der Waals surface area contributed by atoms with Gasteiger partial charge in [-0.1, -0.05) is 18.2 Å². The average molecular weight is 349 g/mol. The molecule has 1 unspecified atom stereocenters. The van der Waals surface area contributed by atoms with Crippen LogP contribution in [-0.2, 0) is 11.2 Å². The molecule has 1 N–H and O–H groups in total. The Balaban J connectivity index is 1.48. The van der Waals surface area contributed by atoms with E-state index in [1.807, 2.05) is 47.5 Å². The highest BCUT2D eigenvalue weighted by atomic mass is 16.5. The van der Waals surface area contributed by atoms with E-state index in [1.54, 1.807) is 7.11 Å². The molecule has 1 saturated heterocycles. The molecule has 0 radical (unpaired) electrons. The van der Waals surface area contributed by atoms with Gasteiger partial charge in [0, 0.05) is 36.5 Å². The molecule has 1 atom stereocenters. The van der Waals surface area contributed by atoms with Gasteiger partial charge in [0.2, 0.25) is 5.91 Å². The number of carbonyl (C=O) groups excluding carboxylic acids is 1. The Bertz CT molecular complexity index is 885. The number of ether oxygens (including phenoxy) is 1. The van der Waals surface area contributed by atoms with Gasteiger partial charge in [0.25, 0.3) is 0 Å². The van der Waals surface area contributed by atoms with Crippen molar-refractivity contribution in [3.63, 3.8) is 0 Å². The summed E-state index contributed by atoms with van der Waals surface area (Å²) in [6, 6.07) is 13.8. The Morgan fingerprint density at radius 3 is 3.04 bits per heavy atom. The van der Waals surface area contributed by atoms with Gasteiger partial charge < -0.3 is 14.6 Å². The molecule has 1 fully saturated rings. The number of aromatic nitrogens is 2. The van der Waals surface area contributed by atoms with Crippen LogP contribution in [0.2, 0.25) is 0 Å². The minimum atomic E-state index is 0.161.